The van der Waals surface area contributed by atoms with Crippen LogP contribution in [0.4, 0.5) is 5.95 Å². The van der Waals surface area contributed by atoms with Gasteiger partial charge in [-0.3, -0.25) is 0 Å². The van der Waals surface area contributed by atoms with E-state index in [0.717, 1.165) is 5.76 Å². The number of hydrogen-bond acceptors (Lipinski definition) is 6. The third-order valence-corrected chi connectivity index (χ3v) is 1.93. The van der Waals surface area contributed by atoms with Gasteiger partial charge in [-0.15, -0.1) is 0 Å². The van der Waals surface area contributed by atoms with Crippen molar-refractivity contribution in [3.8, 4) is 5.75 Å². The minimum atomic E-state index is 0.459. The molecule has 0 unspecified atom stereocenters. The summed E-state index contributed by atoms with van der Waals surface area (Å²) < 4.78 is 10.2. The lowest BCUT2D eigenvalue weighted by Crippen LogP contribution is -2.03. The van der Waals surface area contributed by atoms with Crippen molar-refractivity contribution in [1.29, 1.82) is 0 Å². The molecule has 6 heteroatoms. The van der Waals surface area contributed by atoms with Crippen molar-refractivity contribution >= 4 is 5.95 Å². The fraction of sp³-hybridized carbons (Fsp3) is 0.300. The molecule has 0 aromatic carbocycles. The smallest absolute Gasteiger partial charge is 0.223 e. The minimum absolute atomic E-state index is 0.459. The second-order valence-corrected chi connectivity index (χ2v) is 3.16. The van der Waals surface area contributed by atoms with Crippen LogP contribution in [0.1, 0.15) is 11.7 Å². The predicted octanol–water partition coefficient (Wildman–Crippen LogP) is 1.39. The average Bonchev–Trinajstić information content (AvgIpc) is 2.73. The van der Waals surface area contributed by atoms with Gasteiger partial charge in [-0.05, 0) is 6.92 Å². The summed E-state index contributed by atoms with van der Waals surface area (Å²) in [4.78, 5) is 12.2. The van der Waals surface area contributed by atoms with Crippen molar-refractivity contribution in [2.24, 2.45) is 0 Å². The van der Waals surface area contributed by atoms with Gasteiger partial charge in [-0.25, -0.2) is 15.0 Å². The van der Waals surface area contributed by atoms with Crippen molar-refractivity contribution in [2.75, 3.05) is 12.4 Å². The quantitative estimate of drug-likeness (QED) is 0.839. The number of oxazole rings is 1. The standard InChI is InChI=1S/C10H12N4O2/c1-7-3-11-9(16-7)6-14-10-12-4-8(15-2)5-13-10/h3-5H,6H2,1-2H3,(H,12,13,14). The largest absolute Gasteiger partial charge is 0.494 e. The Morgan fingerprint density at radius 1 is 1.25 bits per heavy atom. The summed E-state index contributed by atoms with van der Waals surface area (Å²) in [6.07, 6.45) is 4.86. The Morgan fingerprint density at radius 2 is 2.00 bits per heavy atom. The summed E-state index contributed by atoms with van der Waals surface area (Å²) in [5.41, 5.74) is 0. The number of hydrogen-bond donors (Lipinski definition) is 1. The van der Waals surface area contributed by atoms with Gasteiger partial charge in [0.2, 0.25) is 11.8 Å². The summed E-state index contributed by atoms with van der Waals surface area (Å²) in [6.45, 7) is 2.31. The molecule has 2 aromatic heterocycles. The van der Waals surface area contributed by atoms with E-state index in [1.165, 1.54) is 0 Å². The summed E-state index contributed by atoms with van der Waals surface area (Å²) in [5.74, 6) is 2.53. The van der Waals surface area contributed by atoms with E-state index in [-0.39, 0.29) is 0 Å². The topological polar surface area (TPSA) is 73.1 Å². The highest BCUT2D eigenvalue weighted by atomic mass is 16.5. The van der Waals surface area contributed by atoms with E-state index < -0.39 is 0 Å². The van der Waals surface area contributed by atoms with Gasteiger partial charge in [0.15, 0.2) is 5.75 Å². The third kappa shape index (κ3) is 2.47. The SMILES string of the molecule is COc1cnc(NCc2ncc(C)o2)nc1. The molecule has 0 aliphatic carbocycles. The molecule has 0 aliphatic heterocycles. The van der Waals surface area contributed by atoms with Crippen LogP contribution in [0, 0.1) is 6.92 Å². The molecular formula is C10H12N4O2. The Morgan fingerprint density at radius 3 is 2.56 bits per heavy atom. The highest BCUT2D eigenvalue weighted by Gasteiger charge is 2.01. The first-order valence-electron chi connectivity index (χ1n) is 4.79. The summed E-state index contributed by atoms with van der Waals surface area (Å²) in [6, 6.07) is 0. The average molecular weight is 220 g/mol. The Kier molecular flexibility index (Phi) is 3.00. The second kappa shape index (κ2) is 4.61. The molecule has 0 saturated carbocycles. The third-order valence-electron chi connectivity index (χ3n) is 1.93. The van der Waals surface area contributed by atoms with E-state index in [1.807, 2.05) is 6.92 Å². The van der Waals surface area contributed by atoms with Crippen LogP contribution in [0.15, 0.2) is 23.0 Å². The van der Waals surface area contributed by atoms with Gasteiger partial charge in [0.05, 0.1) is 32.2 Å². The van der Waals surface area contributed by atoms with Gasteiger partial charge in [-0.2, -0.15) is 0 Å². The fourth-order valence-electron chi connectivity index (χ4n) is 1.15. The van der Waals surface area contributed by atoms with Crippen LogP contribution in [-0.2, 0) is 6.54 Å². The van der Waals surface area contributed by atoms with Gasteiger partial charge in [0, 0.05) is 0 Å². The summed E-state index contributed by atoms with van der Waals surface area (Å²) in [5, 5.41) is 2.99. The normalized spacial score (nSPS) is 10.1. The lowest BCUT2D eigenvalue weighted by molar-refractivity contribution is 0.411. The van der Waals surface area contributed by atoms with E-state index in [9.17, 15) is 0 Å². The van der Waals surface area contributed by atoms with Gasteiger partial charge in [0.25, 0.3) is 0 Å². The van der Waals surface area contributed by atoms with Crippen LogP contribution in [0.5, 0.6) is 5.75 Å². The van der Waals surface area contributed by atoms with E-state index in [1.54, 1.807) is 25.7 Å². The molecule has 0 spiro atoms. The molecule has 2 heterocycles. The molecule has 0 bridgehead atoms. The molecule has 0 radical (unpaired) electrons. The molecule has 0 saturated heterocycles. The number of ether oxygens (including phenoxy) is 1. The lowest BCUT2D eigenvalue weighted by Gasteiger charge is -2.02. The zero-order chi connectivity index (χ0) is 11.4. The highest BCUT2D eigenvalue weighted by molar-refractivity contribution is 5.26. The lowest BCUT2D eigenvalue weighted by atomic mass is 10.6. The Balaban J connectivity index is 1.94. The van der Waals surface area contributed by atoms with Crippen molar-refractivity contribution in [3.05, 3.63) is 30.2 Å². The van der Waals surface area contributed by atoms with Crippen LogP contribution >= 0.6 is 0 Å². The first-order chi connectivity index (χ1) is 7.78. The Labute approximate surface area is 92.7 Å². The molecule has 2 rings (SSSR count). The molecule has 0 atom stereocenters. The van der Waals surface area contributed by atoms with Gasteiger partial charge in [0.1, 0.15) is 5.76 Å². The zero-order valence-electron chi connectivity index (χ0n) is 9.10. The Hall–Kier alpha value is -2.11. The predicted molar refractivity (Wildman–Crippen MR) is 57.2 cm³/mol. The minimum Gasteiger partial charge on any atom is -0.494 e. The number of anilines is 1. The molecule has 1 N–H and O–H groups in total. The van der Waals surface area contributed by atoms with Crippen LogP contribution in [-0.4, -0.2) is 22.1 Å². The number of rotatable bonds is 4. The molecular weight excluding hydrogens is 208 g/mol. The zero-order valence-corrected chi connectivity index (χ0v) is 9.10. The monoisotopic (exact) mass is 220 g/mol. The number of methoxy groups -OCH3 is 1. The maximum Gasteiger partial charge on any atom is 0.223 e. The van der Waals surface area contributed by atoms with E-state index >= 15 is 0 Å². The molecule has 0 amide bonds. The van der Waals surface area contributed by atoms with Crippen LogP contribution in [0.25, 0.3) is 0 Å². The molecule has 2 aromatic rings. The summed E-state index contributed by atoms with van der Waals surface area (Å²) in [7, 11) is 1.57. The Bertz CT molecular complexity index is 452. The van der Waals surface area contributed by atoms with Crippen molar-refractivity contribution in [1.82, 2.24) is 15.0 Å². The van der Waals surface area contributed by atoms with Crippen LogP contribution in [0.3, 0.4) is 0 Å². The van der Waals surface area contributed by atoms with Crippen molar-refractivity contribution in [2.45, 2.75) is 13.5 Å². The molecule has 0 aliphatic rings. The van der Waals surface area contributed by atoms with Crippen LogP contribution in [0.2, 0.25) is 0 Å². The first kappa shape index (κ1) is 10.4. The molecule has 0 fully saturated rings. The number of aryl methyl sites for hydroxylation is 1. The van der Waals surface area contributed by atoms with E-state index in [0.29, 0.717) is 24.1 Å². The van der Waals surface area contributed by atoms with Crippen molar-refractivity contribution in [3.63, 3.8) is 0 Å². The second-order valence-electron chi connectivity index (χ2n) is 3.16. The van der Waals surface area contributed by atoms with Gasteiger partial charge < -0.3 is 14.5 Å². The number of nitrogens with one attached hydrogen (secondary N) is 1. The molecule has 16 heavy (non-hydrogen) atoms. The van der Waals surface area contributed by atoms with E-state index in [4.69, 9.17) is 9.15 Å². The number of aromatic nitrogens is 3. The maximum atomic E-state index is 5.30. The van der Waals surface area contributed by atoms with Crippen molar-refractivity contribution < 1.29 is 9.15 Å². The van der Waals surface area contributed by atoms with E-state index in [2.05, 4.69) is 20.3 Å². The first-order valence-corrected chi connectivity index (χ1v) is 4.79. The number of nitrogens with zero attached hydrogens (tertiary/aromatic N) is 3. The molecule has 6 nitrogen and oxygen atoms in total. The highest BCUT2D eigenvalue weighted by Crippen LogP contribution is 2.08. The van der Waals surface area contributed by atoms with Crippen LogP contribution < -0.4 is 10.1 Å². The molecule has 84 valence electrons. The maximum absolute atomic E-state index is 5.30. The summed E-state index contributed by atoms with van der Waals surface area (Å²) >= 11 is 0. The van der Waals surface area contributed by atoms with Gasteiger partial charge in [-0.1, -0.05) is 0 Å². The fourth-order valence-corrected chi connectivity index (χ4v) is 1.15. The van der Waals surface area contributed by atoms with Gasteiger partial charge >= 0.3 is 0 Å².